The van der Waals surface area contributed by atoms with Crippen LogP contribution in [0, 0.1) is 0 Å². The first-order valence-electron chi connectivity index (χ1n) is 9.93. The summed E-state index contributed by atoms with van der Waals surface area (Å²) >= 11 is 4.50. The third-order valence-electron chi connectivity index (χ3n) is 5.39. The second kappa shape index (κ2) is 10.8. The molecule has 0 heterocycles. The molecule has 0 aliphatic rings. The molecule has 0 nitrogen and oxygen atoms in total. The SMILES string of the molecule is C=Cc1ccc(CCP(Br)(CCCC)(CCCC)CCCC)cc1. The van der Waals surface area contributed by atoms with Gasteiger partial charge in [-0.25, -0.2) is 0 Å². The number of unbranched alkanes of at least 4 members (excludes halogenated alkanes) is 3. The van der Waals surface area contributed by atoms with Crippen molar-refractivity contribution in [3.63, 3.8) is 0 Å². The molecule has 0 aliphatic carbocycles. The van der Waals surface area contributed by atoms with Crippen LogP contribution in [0.3, 0.4) is 0 Å². The van der Waals surface area contributed by atoms with E-state index in [4.69, 9.17) is 0 Å². The maximum absolute atomic E-state index is 4.50. The minimum atomic E-state index is -1.76. The van der Waals surface area contributed by atoms with Crippen molar-refractivity contribution in [2.45, 2.75) is 65.7 Å². The van der Waals surface area contributed by atoms with Crippen LogP contribution in [0.5, 0.6) is 0 Å². The molecule has 0 fully saturated rings. The standard InChI is InChI=1S/C22H38BrP/c1-5-9-17-24(23,18-10-6-2,19-11-7-3)20-16-22-14-12-21(8-4)13-15-22/h8,12-15H,4-7,9-11,16-20H2,1-3H3. The molecule has 1 aromatic carbocycles. The summed E-state index contributed by atoms with van der Waals surface area (Å²) in [4.78, 5) is 0. The van der Waals surface area contributed by atoms with Gasteiger partial charge in [0.2, 0.25) is 0 Å². The van der Waals surface area contributed by atoms with Gasteiger partial charge >= 0.3 is 159 Å². The van der Waals surface area contributed by atoms with Gasteiger partial charge in [0.1, 0.15) is 0 Å². The maximum atomic E-state index is 4.50. The first kappa shape index (κ1) is 21.9. The molecule has 2 heteroatoms. The fraction of sp³-hybridized carbons (Fsp3) is 0.636. The number of hydrogen-bond acceptors (Lipinski definition) is 0. The summed E-state index contributed by atoms with van der Waals surface area (Å²) in [5.74, 6) is 0. The van der Waals surface area contributed by atoms with Crippen molar-refractivity contribution < 1.29 is 0 Å². The molecule has 0 bridgehead atoms. The Morgan fingerprint density at radius 1 is 0.833 bits per heavy atom. The van der Waals surface area contributed by atoms with Crippen LogP contribution in [0.2, 0.25) is 0 Å². The fourth-order valence-corrected chi connectivity index (χ4v) is 11.8. The average Bonchev–Trinajstić information content (AvgIpc) is 2.63. The van der Waals surface area contributed by atoms with E-state index in [9.17, 15) is 0 Å². The summed E-state index contributed by atoms with van der Waals surface area (Å²) in [5, 5.41) is -1.76. The summed E-state index contributed by atoms with van der Waals surface area (Å²) in [7, 11) is 0. The Bertz CT molecular complexity index is 453. The van der Waals surface area contributed by atoms with E-state index in [1.807, 2.05) is 6.08 Å². The Morgan fingerprint density at radius 2 is 1.29 bits per heavy atom. The van der Waals surface area contributed by atoms with Crippen LogP contribution < -0.4 is 0 Å². The molecule has 24 heavy (non-hydrogen) atoms. The zero-order valence-electron chi connectivity index (χ0n) is 16.2. The predicted molar refractivity (Wildman–Crippen MR) is 120 cm³/mol. The Hall–Kier alpha value is -0.130. The molecule has 0 radical (unpaired) electrons. The van der Waals surface area contributed by atoms with Crippen molar-refractivity contribution in [3.8, 4) is 0 Å². The van der Waals surface area contributed by atoms with Crippen molar-refractivity contribution in [3.05, 3.63) is 42.0 Å². The van der Waals surface area contributed by atoms with Gasteiger partial charge in [-0.15, -0.1) is 0 Å². The Labute approximate surface area is 159 Å². The molecular formula is C22H38BrP. The molecule has 0 spiro atoms. The van der Waals surface area contributed by atoms with Gasteiger partial charge in [0.25, 0.3) is 0 Å². The molecule has 0 N–H and O–H groups in total. The van der Waals surface area contributed by atoms with Gasteiger partial charge < -0.3 is 0 Å². The number of rotatable bonds is 13. The van der Waals surface area contributed by atoms with Crippen molar-refractivity contribution in [1.82, 2.24) is 0 Å². The molecule has 0 atom stereocenters. The molecule has 0 unspecified atom stereocenters. The van der Waals surface area contributed by atoms with Gasteiger partial charge in [-0.2, -0.15) is 0 Å². The second-order valence-corrected chi connectivity index (χ2v) is 18.9. The van der Waals surface area contributed by atoms with Crippen molar-refractivity contribution in [2.24, 2.45) is 0 Å². The van der Waals surface area contributed by atoms with Gasteiger partial charge in [-0.05, 0) is 0 Å². The summed E-state index contributed by atoms with van der Waals surface area (Å²) in [6.45, 7) is 10.9. The minimum absolute atomic E-state index is 1.22. The molecular weight excluding hydrogens is 375 g/mol. The summed E-state index contributed by atoms with van der Waals surface area (Å²) in [5.41, 5.74) is 2.71. The van der Waals surface area contributed by atoms with E-state index in [2.05, 4.69) is 67.1 Å². The van der Waals surface area contributed by atoms with E-state index in [0.29, 0.717) is 0 Å². The van der Waals surface area contributed by atoms with Gasteiger partial charge in [-0.3, -0.25) is 0 Å². The first-order valence-corrected chi connectivity index (χ1v) is 14.9. The molecule has 0 saturated heterocycles. The Morgan fingerprint density at radius 3 is 1.67 bits per heavy atom. The number of benzene rings is 1. The molecule has 0 amide bonds. The molecule has 1 aromatic rings. The summed E-state index contributed by atoms with van der Waals surface area (Å²) in [6, 6.07) is 9.00. The third kappa shape index (κ3) is 7.01. The van der Waals surface area contributed by atoms with Gasteiger partial charge in [-0.1, -0.05) is 0 Å². The van der Waals surface area contributed by atoms with Crippen molar-refractivity contribution in [2.75, 3.05) is 24.6 Å². The molecule has 138 valence electrons. The molecule has 0 aliphatic heterocycles. The molecule has 0 saturated carbocycles. The van der Waals surface area contributed by atoms with Gasteiger partial charge in [0.05, 0.1) is 0 Å². The monoisotopic (exact) mass is 412 g/mol. The zero-order chi connectivity index (χ0) is 17.9. The van der Waals surface area contributed by atoms with E-state index in [0.717, 1.165) is 0 Å². The van der Waals surface area contributed by atoms with E-state index < -0.39 is 5.31 Å². The van der Waals surface area contributed by atoms with Crippen molar-refractivity contribution >= 4 is 26.9 Å². The van der Waals surface area contributed by atoms with Crippen LogP contribution in [0.1, 0.15) is 70.4 Å². The summed E-state index contributed by atoms with van der Waals surface area (Å²) < 4.78 is 0. The predicted octanol–water partition coefficient (Wildman–Crippen LogP) is 8.14. The number of aryl methyl sites for hydroxylation is 1. The van der Waals surface area contributed by atoms with Crippen LogP contribution in [-0.4, -0.2) is 24.6 Å². The summed E-state index contributed by atoms with van der Waals surface area (Å²) in [6.07, 6.45) is 16.9. The van der Waals surface area contributed by atoms with Crippen LogP contribution >= 0.6 is 20.8 Å². The third-order valence-corrected chi connectivity index (χ3v) is 15.3. The second-order valence-electron chi connectivity index (χ2n) is 7.47. The average molecular weight is 413 g/mol. The Kier molecular flexibility index (Phi) is 9.83. The quantitative estimate of drug-likeness (QED) is 0.286. The first-order chi connectivity index (χ1) is 11.5. The van der Waals surface area contributed by atoms with E-state index in [1.165, 1.54) is 80.7 Å². The normalized spacial score (nSPS) is 13.4. The number of halogens is 1. The van der Waals surface area contributed by atoms with Crippen LogP contribution in [0.15, 0.2) is 30.8 Å². The van der Waals surface area contributed by atoms with Crippen molar-refractivity contribution in [1.29, 1.82) is 0 Å². The fourth-order valence-electron chi connectivity index (χ4n) is 3.56. The Balaban J connectivity index is 2.92. The molecule has 1 rings (SSSR count). The van der Waals surface area contributed by atoms with Crippen LogP contribution in [0.4, 0.5) is 0 Å². The van der Waals surface area contributed by atoms with Gasteiger partial charge in [0.15, 0.2) is 0 Å². The van der Waals surface area contributed by atoms with E-state index >= 15 is 0 Å². The molecule has 0 aromatic heterocycles. The van der Waals surface area contributed by atoms with Crippen LogP contribution in [-0.2, 0) is 6.42 Å². The topological polar surface area (TPSA) is 0 Å². The van der Waals surface area contributed by atoms with E-state index in [-0.39, 0.29) is 0 Å². The zero-order valence-corrected chi connectivity index (χ0v) is 18.7. The van der Waals surface area contributed by atoms with Gasteiger partial charge in [0, 0.05) is 0 Å². The van der Waals surface area contributed by atoms with Crippen LogP contribution in [0.25, 0.3) is 6.08 Å². The number of hydrogen-bond donors (Lipinski definition) is 0. The van der Waals surface area contributed by atoms with E-state index in [1.54, 1.807) is 0 Å².